The molecule has 240 valence electrons. The van der Waals surface area contributed by atoms with Crippen LogP contribution in [0.5, 0.6) is 0 Å². The molecule has 2 unspecified atom stereocenters. The first kappa shape index (κ1) is 33.0. The van der Waals surface area contributed by atoms with Crippen LogP contribution in [-0.4, -0.2) is 4.26 Å². The van der Waals surface area contributed by atoms with Gasteiger partial charge in [-0.15, -0.1) is 0 Å². The first-order chi connectivity index (χ1) is 21.7. The molecule has 0 bridgehead atoms. The monoisotopic (exact) mass is 776 g/mol. The standard InChI is InChI=1S/2C18H17.2C3H7.2CH3.CH2.Hf/c2*1-13(2)15-8-3-9-16(12-15)18-11-5-7-14-6-4-10-17(14)18;2*1-3-2;;;;/h2*3-13H,1-2H3;2*1,3H2,2H3;2*1H3;1H2;. The van der Waals surface area contributed by atoms with Gasteiger partial charge in [0.15, 0.2) is 0 Å². The van der Waals surface area contributed by atoms with E-state index in [-0.39, 0.29) is 0 Å². The van der Waals surface area contributed by atoms with Crippen LogP contribution in [0.2, 0.25) is 17.7 Å². The van der Waals surface area contributed by atoms with Gasteiger partial charge in [0.1, 0.15) is 0 Å². The molecule has 0 heterocycles. The van der Waals surface area contributed by atoms with Gasteiger partial charge in [-0.1, -0.05) is 0 Å². The number of allylic oxidation sites excluding steroid dienone is 2. The molecule has 0 aromatic heterocycles. The van der Waals surface area contributed by atoms with E-state index in [4.69, 9.17) is 4.26 Å². The molecule has 0 aliphatic heterocycles. The van der Waals surface area contributed by atoms with E-state index in [0.717, 1.165) is 12.8 Å². The molecule has 4 aromatic carbocycles. The van der Waals surface area contributed by atoms with Crippen LogP contribution < -0.4 is 0 Å². The summed E-state index contributed by atoms with van der Waals surface area (Å²) in [6, 6.07) is 32.6. The Labute approximate surface area is 273 Å². The molecule has 6 rings (SSSR count). The number of rotatable bonds is 10. The van der Waals surface area contributed by atoms with Gasteiger partial charge < -0.3 is 0 Å². The van der Waals surface area contributed by atoms with Crippen molar-refractivity contribution in [2.75, 3.05) is 0 Å². The SMILES string of the molecule is [CH2]=[Hf]([CH3])([CH3])([CH2]CC)([CH2]CC)([CH]1C=Cc2c(-c3cccc(C(C)C)c3)cccc21)[CH]1C=Cc2c(-c3cccc(C(C)C)c3)cccc21. The third kappa shape index (κ3) is 4.82. The Morgan fingerprint density at radius 1 is 0.587 bits per heavy atom. The third-order valence-corrected chi connectivity index (χ3v) is 57.9. The normalized spacial score (nSPS) is 19.5. The van der Waals surface area contributed by atoms with Crippen molar-refractivity contribution in [3.8, 4) is 22.3 Å². The van der Waals surface area contributed by atoms with Gasteiger partial charge in [-0.3, -0.25) is 0 Å². The molecule has 0 saturated carbocycles. The van der Waals surface area contributed by atoms with Crippen LogP contribution >= 0.6 is 0 Å². The Bertz CT molecular complexity index is 1880. The summed E-state index contributed by atoms with van der Waals surface area (Å²) < 4.78 is 14.5. The predicted octanol–water partition coefficient (Wildman–Crippen LogP) is 14.0. The topological polar surface area (TPSA) is 0 Å². The fourth-order valence-corrected chi connectivity index (χ4v) is 53.6. The van der Waals surface area contributed by atoms with Crippen molar-refractivity contribution in [3.05, 3.63) is 130 Å². The third-order valence-electron chi connectivity index (χ3n) is 13.3. The average Bonchev–Trinajstić information content (AvgIpc) is 3.68. The van der Waals surface area contributed by atoms with Crippen LogP contribution in [0, 0.1) is 0 Å². The minimum absolute atomic E-state index is 0.320. The number of benzene rings is 4. The molecule has 2 aliphatic rings. The molecule has 46 heavy (non-hydrogen) atoms. The summed E-state index contributed by atoms with van der Waals surface area (Å²) >= 11 is -5.30. The van der Waals surface area contributed by atoms with E-state index in [9.17, 15) is 0 Å². The molecule has 2 aliphatic carbocycles. The van der Waals surface area contributed by atoms with Crippen LogP contribution in [0.25, 0.3) is 34.4 Å². The van der Waals surface area contributed by atoms with E-state index in [1.54, 1.807) is 0 Å². The van der Waals surface area contributed by atoms with Crippen LogP contribution in [0.1, 0.15) is 107 Å². The van der Waals surface area contributed by atoms with Crippen molar-refractivity contribution in [2.24, 2.45) is 0 Å². The van der Waals surface area contributed by atoms with Gasteiger partial charge >= 0.3 is 275 Å². The molecule has 0 radical (unpaired) electrons. The molecule has 2 atom stereocenters. The molecular weight excluding hydrogens is 719 g/mol. The van der Waals surface area contributed by atoms with Gasteiger partial charge in [-0.05, 0) is 0 Å². The fourth-order valence-electron chi connectivity index (χ4n) is 10.9. The number of hydrogen-bond acceptors (Lipinski definition) is 0. The summed E-state index contributed by atoms with van der Waals surface area (Å²) in [6.07, 6.45) is 12.5. The van der Waals surface area contributed by atoms with Crippen molar-refractivity contribution in [2.45, 2.75) is 91.3 Å². The predicted molar refractivity (Wildman–Crippen MR) is 205 cm³/mol. The van der Waals surface area contributed by atoms with Gasteiger partial charge in [0.2, 0.25) is 0 Å². The van der Waals surface area contributed by atoms with Crippen LogP contribution in [0.3, 0.4) is 0 Å². The molecule has 0 saturated heterocycles. The summed E-state index contributed by atoms with van der Waals surface area (Å²) in [5.74, 6) is 1.01. The fraction of sp³-hybridized carbons (Fsp3) is 0.356. The zero-order valence-corrected chi connectivity index (χ0v) is 33.3. The first-order valence-corrected chi connectivity index (χ1v) is 37.0. The molecule has 4 aromatic rings. The Kier molecular flexibility index (Phi) is 7.57. The molecular formula is C45H56Hf. The van der Waals surface area contributed by atoms with Crippen LogP contribution in [0.4, 0.5) is 0 Å². The Balaban J connectivity index is 1.58. The molecule has 0 amide bonds. The van der Waals surface area contributed by atoms with Crippen LogP contribution in [0.15, 0.2) is 97.1 Å². The summed E-state index contributed by atoms with van der Waals surface area (Å²) in [5.41, 5.74) is 14.0. The molecule has 0 nitrogen and oxygen atoms in total. The van der Waals surface area contributed by atoms with E-state index >= 15 is 0 Å². The van der Waals surface area contributed by atoms with Crippen molar-refractivity contribution >= 4 is 16.4 Å². The summed E-state index contributed by atoms with van der Waals surface area (Å²) in [6.45, 7) is 14.0. The van der Waals surface area contributed by atoms with Crippen molar-refractivity contribution in [1.29, 1.82) is 0 Å². The Morgan fingerprint density at radius 2 is 0.978 bits per heavy atom. The van der Waals surface area contributed by atoms with E-state index in [1.807, 2.05) is 0 Å². The summed E-state index contributed by atoms with van der Waals surface area (Å²) in [4.78, 5) is 0. The summed E-state index contributed by atoms with van der Waals surface area (Å²) in [7, 11) is 0. The maximum atomic E-state index is 5.88. The van der Waals surface area contributed by atoms with Gasteiger partial charge in [0.25, 0.3) is 0 Å². The van der Waals surface area contributed by atoms with E-state index < -0.39 is 15.1 Å². The molecule has 0 spiro atoms. The van der Waals surface area contributed by atoms with Crippen LogP contribution in [-0.2, 0) is 15.1 Å². The number of hydrogen-bond donors (Lipinski definition) is 0. The zero-order valence-electron chi connectivity index (χ0n) is 29.7. The van der Waals surface area contributed by atoms with Gasteiger partial charge in [-0.2, -0.15) is 0 Å². The summed E-state index contributed by atoms with van der Waals surface area (Å²) in [5, 5.41) is 0. The quantitative estimate of drug-likeness (QED) is 0.141. The second-order valence-corrected chi connectivity index (χ2v) is 68.8. The zero-order chi connectivity index (χ0) is 33.0. The Morgan fingerprint density at radius 3 is 1.35 bits per heavy atom. The van der Waals surface area contributed by atoms with Crippen molar-refractivity contribution in [3.63, 3.8) is 0 Å². The molecule has 1 heteroatoms. The van der Waals surface area contributed by atoms with Crippen molar-refractivity contribution in [1.82, 2.24) is 0 Å². The van der Waals surface area contributed by atoms with Gasteiger partial charge in [-0.25, -0.2) is 0 Å². The minimum atomic E-state index is -5.30. The first-order valence-electron chi connectivity index (χ1n) is 18.1. The second-order valence-electron chi connectivity index (χ2n) is 18.3. The van der Waals surface area contributed by atoms with E-state index in [2.05, 4.69) is 160 Å². The van der Waals surface area contributed by atoms with Gasteiger partial charge in [0.05, 0.1) is 0 Å². The second kappa shape index (κ2) is 10.6. The van der Waals surface area contributed by atoms with E-state index in [1.165, 1.54) is 64.0 Å². The Hall–Kier alpha value is -2.90. The van der Waals surface area contributed by atoms with Gasteiger partial charge in [0, 0.05) is 0 Å². The maximum absolute atomic E-state index is 5.88. The van der Waals surface area contributed by atoms with Crippen molar-refractivity contribution < 1.29 is 15.1 Å². The van der Waals surface area contributed by atoms with E-state index in [0.29, 0.717) is 19.2 Å². The average molecular weight is 775 g/mol. The molecule has 0 N–H and O–H groups in total. The molecule has 0 fully saturated rings. The number of fused-ring (bicyclic) bond motifs is 2.